The molecule has 144 valence electrons. The van der Waals surface area contributed by atoms with Gasteiger partial charge in [-0.1, -0.05) is 24.3 Å². The molecule has 1 fully saturated rings. The Morgan fingerprint density at radius 2 is 1.96 bits per heavy atom. The number of nitrogens with one attached hydrogen (secondary N) is 4. The zero-order valence-electron chi connectivity index (χ0n) is 16.3. The van der Waals surface area contributed by atoms with E-state index in [1.807, 2.05) is 56.6 Å². The molecule has 1 aliphatic heterocycles. The molecule has 1 aliphatic rings. The molecule has 5 nitrogen and oxygen atoms in total. The molecule has 0 aliphatic carbocycles. The van der Waals surface area contributed by atoms with Crippen LogP contribution in [0.4, 0.5) is 5.69 Å². The Labute approximate surface area is 165 Å². The van der Waals surface area contributed by atoms with E-state index in [9.17, 15) is 4.79 Å². The van der Waals surface area contributed by atoms with Crippen molar-refractivity contribution in [2.75, 3.05) is 18.4 Å². The van der Waals surface area contributed by atoms with Crippen LogP contribution in [0.15, 0.2) is 60.9 Å². The van der Waals surface area contributed by atoms with Gasteiger partial charge in [-0.05, 0) is 60.4 Å². The summed E-state index contributed by atoms with van der Waals surface area (Å²) in [5, 5.41) is 9.86. The first-order valence-corrected chi connectivity index (χ1v) is 9.72. The van der Waals surface area contributed by atoms with Gasteiger partial charge in [0.2, 0.25) is 0 Å². The minimum Gasteiger partial charge on any atom is -0.380 e. The van der Waals surface area contributed by atoms with Gasteiger partial charge in [-0.25, -0.2) is 0 Å². The van der Waals surface area contributed by atoms with Crippen LogP contribution >= 0.6 is 0 Å². The Bertz CT molecular complexity index is 960. The van der Waals surface area contributed by atoms with Gasteiger partial charge in [-0.15, -0.1) is 0 Å². The number of amides is 1. The summed E-state index contributed by atoms with van der Waals surface area (Å²) in [5.74, 6) is -0.0487. The second-order valence-corrected chi connectivity index (χ2v) is 7.45. The van der Waals surface area contributed by atoms with E-state index in [-0.39, 0.29) is 11.9 Å². The molecule has 5 heteroatoms. The number of benzene rings is 2. The van der Waals surface area contributed by atoms with Crippen molar-refractivity contribution in [3.63, 3.8) is 0 Å². The monoisotopic (exact) mass is 374 g/mol. The van der Waals surface area contributed by atoms with Crippen LogP contribution in [0, 0.1) is 6.92 Å². The highest BCUT2D eigenvalue weighted by Crippen LogP contribution is 2.24. The van der Waals surface area contributed by atoms with Gasteiger partial charge in [0.05, 0.1) is 12.1 Å². The number of aromatic nitrogens is 1. The third-order valence-electron chi connectivity index (χ3n) is 5.30. The molecule has 0 spiro atoms. The molecule has 2 aromatic carbocycles. The Kier molecular flexibility index (Phi) is 5.17. The van der Waals surface area contributed by atoms with E-state index in [0.29, 0.717) is 11.6 Å². The minimum absolute atomic E-state index is 0.0487. The average Bonchev–Trinajstić information content (AvgIpc) is 3.20. The lowest BCUT2D eigenvalue weighted by Crippen LogP contribution is -2.51. The maximum Gasteiger partial charge on any atom is 0.252 e. The molecule has 1 amide bonds. The van der Waals surface area contributed by atoms with Crippen LogP contribution in [-0.4, -0.2) is 30.0 Å². The standard InChI is InChI=1S/C23H26N4O/c1-15-6-7-20(27-21-13-25-14-21)11-22(15)23(28)26-16(2)17-4-3-5-18(10-17)19-8-9-24-12-19/h3-12,16,21,24-25,27H,13-14H2,1-2H3,(H,26,28)/t16-/m1/s1. The van der Waals surface area contributed by atoms with Crippen LogP contribution in [0.5, 0.6) is 0 Å². The normalized spacial score (nSPS) is 14.9. The molecular formula is C23H26N4O. The summed E-state index contributed by atoms with van der Waals surface area (Å²) in [6.07, 6.45) is 3.89. The fraction of sp³-hybridized carbons (Fsp3) is 0.261. The highest BCUT2D eigenvalue weighted by Gasteiger charge is 2.18. The molecule has 3 aromatic rings. The maximum absolute atomic E-state index is 12.9. The highest BCUT2D eigenvalue weighted by molar-refractivity contribution is 5.96. The highest BCUT2D eigenvalue weighted by atomic mass is 16.1. The number of carbonyl (C=O) groups is 1. The third kappa shape index (κ3) is 3.94. The summed E-state index contributed by atoms with van der Waals surface area (Å²) in [4.78, 5) is 16.0. The summed E-state index contributed by atoms with van der Waals surface area (Å²) in [7, 11) is 0. The van der Waals surface area contributed by atoms with E-state index in [2.05, 4.69) is 39.1 Å². The number of H-pyrrole nitrogens is 1. The molecule has 4 rings (SSSR count). The van der Waals surface area contributed by atoms with Crippen LogP contribution in [0.1, 0.15) is 34.5 Å². The SMILES string of the molecule is Cc1ccc(NC2CNC2)cc1C(=O)N[C@H](C)c1cccc(-c2cc[nH]c2)c1. The molecule has 28 heavy (non-hydrogen) atoms. The fourth-order valence-electron chi connectivity index (χ4n) is 3.43. The molecule has 0 radical (unpaired) electrons. The zero-order chi connectivity index (χ0) is 19.5. The zero-order valence-corrected chi connectivity index (χ0v) is 16.3. The van der Waals surface area contributed by atoms with Crippen molar-refractivity contribution >= 4 is 11.6 Å². The Morgan fingerprint density at radius 3 is 2.68 bits per heavy atom. The number of aryl methyl sites for hydroxylation is 1. The Hall–Kier alpha value is -3.05. The van der Waals surface area contributed by atoms with Crippen molar-refractivity contribution in [1.82, 2.24) is 15.6 Å². The molecule has 1 atom stereocenters. The van der Waals surface area contributed by atoms with E-state index in [0.717, 1.165) is 41.0 Å². The molecule has 0 bridgehead atoms. The van der Waals surface area contributed by atoms with E-state index < -0.39 is 0 Å². The number of anilines is 1. The van der Waals surface area contributed by atoms with Crippen LogP contribution in [0.2, 0.25) is 0 Å². The summed E-state index contributed by atoms with van der Waals surface area (Å²) in [5.41, 5.74) is 6.04. The first-order valence-electron chi connectivity index (χ1n) is 9.72. The lowest BCUT2D eigenvalue weighted by atomic mass is 10.0. The molecule has 1 aromatic heterocycles. The van der Waals surface area contributed by atoms with Crippen molar-refractivity contribution in [2.24, 2.45) is 0 Å². The van der Waals surface area contributed by atoms with Gasteiger partial charge in [-0.3, -0.25) is 4.79 Å². The summed E-state index contributed by atoms with van der Waals surface area (Å²) in [6.45, 7) is 5.92. The topological polar surface area (TPSA) is 68.9 Å². The number of aromatic amines is 1. The first-order chi connectivity index (χ1) is 13.6. The number of carbonyl (C=O) groups excluding carboxylic acids is 1. The van der Waals surface area contributed by atoms with Gasteiger partial charge in [-0.2, -0.15) is 0 Å². The molecule has 2 heterocycles. The third-order valence-corrected chi connectivity index (χ3v) is 5.30. The number of rotatable bonds is 6. The number of hydrogen-bond donors (Lipinski definition) is 4. The van der Waals surface area contributed by atoms with Crippen LogP contribution < -0.4 is 16.0 Å². The van der Waals surface area contributed by atoms with Gasteiger partial charge < -0.3 is 20.9 Å². The quantitative estimate of drug-likeness (QED) is 0.529. The molecule has 0 saturated carbocycles. The Morgan fingerprint density at radius 1 is 1.11 bits per heavy atom. The van der Waals surface area contributed by atoms with E-state index >= 15 is 0 Å². The second kappa shape index (κ2) is 7.90. The number of hydrogen-bond acceptors (Lipinski definition) is 3. The van der Waals surface area contributed by atoms with E-state index in [1.165, 1.54) is 0 Å². The van der Waals surface area contributed by atoms with Crippen molar-refractivity contribution < 1.29 is 4.79 Å². The predicted molar refractivity (Wildman–Crippen MR) is 114 cm³/mol. The lowest BCUT2D eigenvalue weighted by Gasteiger charge is -2.29. The summed E-state index contributed by atoms with van der Waals surface area (Å²) in [6, 6.07) is 16.7. The van der Waals surface area contributed by atoms with E-state index in [1.54, 1.807) is 0 Å². The second-order valence-electron chi connectivity index (χ2n) is 7.45. The van der Waals surface area contributed by atoms with Gasteiger partial charge >= 0.3 is 0 Å². The average molecular weight is 374 g/mol. The molecule has 4 N–H and O–H groups in total. The smallest absolute Gasteiger partial charge is 0.252 e. The van der Waals surface area contributed by atoms with Gasteiger partial charge in [0.15, 0.2) is 0 Å². The largest absolute Gasteiger partial charge is 0.380 e. The first kappa shape index (κ1) is 18.3. The van der Waals surface area contributed by atoms with Gasteiger partial charge in [0.1, 0.15) is 0 Å². The maximum atomic E-state index is 12.9. The minimum atomic E-state index is -0.0850. The van der Waals surface area contributed by atoms with Gasteiger partial charge in [0.25, 0.3) is 5.91 Å². The fourth-order valence-corrected chi connectivity index (χ4v) is 3.43. The van der Waals surface area contributed by atoms with Crippen LogP contribution in [-0.2, 0) is 0 Å². The van der Waals surface area contributed by atoms with Crippen molar-refractivity contribution in [2.45, 2.75) is 25.9 Å². The summed E-state index contributed by atoms with van der Waals surface area (Å²) >= 11 is 0. The van der Waals surface area contributed by atoms with E-state index in [4.69, 9.17) is 0 Å². The molecule has 0 unspecified atom stereocenters. The predicted octanol–water partition coefficient (Wildman–Crippen LogP) is 3.86. The van der Waals surface area contributed by atoms with Gasteiger partial charge in [0, 0.05) is 36.7 Å². The molecular weight excluding hydrogens is 348 g/mol. The van der Waals surface area contributed by atoms with Crippen molar-refractivity contribution in [3.05, 3.63) is 77.6 Å². The van der Waals surface area contributed by atoms with Crippen molar-refractivity contribution in [1.29, 1.82) is 0 Å². The molecule has 1 saturated heterocycles. The van der Waals surface area contributed by atoms with Crippen LogP contribution in [0.3, 0.4) is 0 Å². The van der Waals surface area contributed by atoms with Crippen LogP contribution in [0.25, 0.3) is 11.1 Å². The van der Waals surface area contributed by atoms with Crippen molar-refractivity contribution in [3.8, 4) is 11.1 Å². The summed E-state index contributed by atoms with van der Waals surface area (Å²) < 4.78 is 0. The Balaban J connectivity index is 1.48. The lowest BCUT2D eigenvalue weighted by molar-refractivity contribution is 0.0939.